The number of nitrogens with zero attached hydrogens (tertiary/aromatic N) is 3. The monoisotopic (exact) mass is 372 g/mol. The standard InChI is InChI=1S/C18H17ClN4O3/c1-12(9-13-5-7-14(19)8-6-13)21-17(24)10-22-11-20-15-3-2-4-16(18(15)22)23(25)26/h2-8,11-12H,9-10H2,1H3,(H,21,24). The molecular weight excluding hydrogens is 356 g/mol. The molecule has 0 aliphatic heterocycles. The smallest absolute Gasteiger partial charge is 0.295 e. The van der Waals surface area contributed by atoms with E-state index in [1.165, 1.54) is 17.0 Å². The van der Waals surface area contributed by atoms with Crippen LogP contribution in [-0.2, 0) is 17.8 Å². The molecule has 26 heavy (non-hydrogen) atoms. The molecule has 1 amide bonds. The number of non-ortho nitro benzene ring substituents is 1. The fourth-order valence-electron chi connectivity index (χ4n) is 2.88. The fourth-order valence-corrected chi connectivity index (χ4v) is 3.00. The molecule has 1 aromatic heterocycles. The van der Waals surface area contributed by atoms with Crippen molar-refractivity contribution in [3.05, 3.63) is 69.5 Å². The molecule has 1 heterocycles. The summed E-state index contributed by atoms with van der Waals surface area (Å²) in [4.78, 5) is 27.2. The summed E-state index contributed by atoms with van der Waals surface area (Å²) < 4.78 is 1.50. The number of imidazole rings is 1. The Kier molecular flexibility index (Phi) is 5.18. The topological polar surface area (TPSA) is 90.1 Å². The zero-order chi connectivity index (χ0) is 18.7. The van der Waals surface area contributed by atoms with Crippen molar-refractivity contribution >= 4 is 34.2 Å². The van der Waals surface area contributed by atoms with Crippen LogP contribution in [0.5, 0.6) is 0 Å². The first-order valence-electron chi connectivity index (χ1n) is 8.06. The van der Waals surface area contributed by atoms with Gasteiger partial charge in [-0.05, 0) is 37.1 Å². The predicted octanol–water partition coefficient (Wildman–Crippen LogP) is 3.35. The summed E-state index contributed by atoms with van der Waals surface area (Å²) in [6.45, 7) is 1.87. The van der Waals surface area contributed by atoms with Gasteiger partial charge in [0.2, 0.25) is 5.91 Å². The van der Waals surface area contributed by atoms with E-state index in [0.29, 0.717) is 22.5 Å². The zero-order valence-corrected chi connectivity index (χ0v) is 14.8. The van der Waals surface area contributed by atoms with E-state index in [9.17, 15) is 14.9 Å². The van der Waals surface area contributed by atoms with Crippen LogP contribution in [0.4, 0.5) is 5.69 Å². The van der Waals surface area contributed by atoms with Gasteiger partial charge in [-0.25, -0.2) is 4.98 Å². The van der Waals surface area contributed by atoms with Crippen LogP contribution in [0, 0.1) is 10.1 Å². The molecule has 1 unspecified atom stereocenters. The van der Waals surface area contributed by atoms with E-state index >= 15 is 0 Å². The molecule has 8 heteroatoms. The number of nitro groups is 1. The fraction of sp³-hybridized carbons (Fsp3) is 0.222. The summed E-state index contributed by atoms with van der Waals surface area (Å²) in [6.07, 6.45) is 2.11. The van der Waals surface area contributed by atoms with Gasteiger partial charge in [0.25, 0.3) is 5.69 Å². The maximum atomic E-state index is 12.3. The summed E-state index contributed by atoms with van der Waals surface area (Å²) >= 11 is 5.87. The number of hydrogen-bond donors (Lipinski definition) is 1. The first-order valence-corrected chi connectivity index (χ1v) is 8.44. The third kappa shape index (κ3) is 4.00. The molecule has 0 saturated carbocycles. The highest BCUT2D eigenvalue weighted by Crippen LogP contribution is 2.24. The highest BCUT2D eigenvalue weighted by Gasteiger charge is 2.18. The van der Waals surface area contributed by atoms with Crippen LogP contribution in [0.15, 0.2) is 48.8 Å². The van der Waals surface area contributed by atoms with Crippen LogP contribution in [-0.4, -0.2) is 26.4 Å². The Morgan fingerprint density at radius 3 is 2.73 bits per heavy atom. The number of halogens is 1. The molecule has 0 fully saturated rings. The highest BCUT2D eigenvalue weighted by molar-refractivity contribution is 6.30. The number of fused-ring (bicyclic) bond motifs is 1. The number of carbonyl (C=O) groups excluding carboxylic acids is 1. The van der Waals surface area contributed by atoms with E-state index in [2.05, 4.69) is 10.3 Å². The zero-order valence-electron chi connectivity index (χ0n) is 14.1. The Labute approximate surface area is 154 Å². The van der Waals surface area contributed by atoms with Crippen molar-refractivity contribution in [3.8, 4) is 0 Å². The number of carbonyl (C=O) groups is 1. The SMILES string of the molecule is CC(Cc1ccc(Cl)cc1)NC(=O)Cn1cnc2cccc([N+](=O)[O-])c21. The van der Waals surface area contributed by atoms with Crippen LogP contribution in [0.1, 0.15) is 12.5 Å². The van der Waals surface area contributed by atoms with E-state index in [0.717, 1.165) is 5.56 Å². The molecule has 3 rings (SSSR count). The Hall–Kier alpha value is -2.93. The summed E-state index contributed by atoms with van der Waals surface area (Å²) in [6, 6.07) is 12.0. The van der Waals surface area contributed by atoms with E-state index < -0.39 is 4.92 Å². The molecule has 0 aliphatic rings. The minimum atomic E-state index is -0.471. The van der Waals surface area contributed by atoms with Crippen molar-refractivity contribution < 1.29 is 9.72 Å². The molecule has 2 aromatic carbocycles. The van der Waals surface area contributed by atoms with Crippen molar-refractivity contribution in [1.82, 2.24) is 14.9 Å². The minimum Gasteiger partial charge on any atom is -0.352 e. The van der Waals surface area contributed by atoms with Gasteiger partial charge in [0.15, 0.2) is 0 Å². The van der Waals surface area contributed by atoms with Gasteiger partial charge in [-0.3, -0.25) is 14.9 Å². The number of rotatable bonds is 6. The molecule has 134 valence electrons. The predicted molar refractivity (Wildman–Crippen MR) is 99.1 cm³/mol. The molecule has 3 aromatic rings. The number of aromatic nitrogens is 2. The van der Waals surface area contributed by atoms with Crippen LogP contribution in [0.3, 0.4) is 0 Å². The van der Waals surface area contributed by atoms with Crippen molar-refractivity contribution in [2.24, 2.45) is 0 Å². The number of benzene rings is 2. The van der Waals surface area contributed by atoms with Gasteiger partial charge in [0, 0.05) is 17.1 Å². The van der Waals surface area contributed by atoms with Gasteiger partial charge in [-0.2, -0.15) is 0 Å². The van der Waals surface area contributed by atoms with Gasteiger partial charge < -0.3 is 9.88 Å². The summed E-state index contributed by atoms with van der Waals surface area (Å²) in [7, 11) is 0. The van der Waals surface area contributed by atoms with Crippen molar-refractivity contribution in [3.63, 3.8) is 0 Å². The van der Waals surface area contributed by atoms with E-state index in [-0.39, 0.29) is 24.2 Å². The van der Waals surface area contributed by atoms with Gasteiger partial charge in [0.05, 0.1) is 16.8 Å². The van der Waals surface area contributed by atoms with Crippen LogP contribution < -0.4 is 5.32 Å². The maximum absolute atomic E-state index is 12.3. The highest BCUT2D eigenvalue weighted by atomic mass is 35.5. The third-order valence-electron chi connectivity index (χ3n) is 3.99. The Morgan fingerprint density at radius 1 is 1.31 bits per heavy atom. The summed E-state index contributed by atoms with van der Waals surface area (Å²) in [5, 5.41) is 14.8. The summed E-state index contributed by atoms with van der Waals surface area (Å²) in [5.74, 6) is -0.232. The molecule has 0 saturated heterocycles. The summed E-state index contributed by atoms with van der Waals surface area (Å²) in [5.41, 5.74) is 1.83. The van der Waals surface area contributed by atoms with Gasteiger partial charge in [0.1, 0.15) is 12.1 Å². The number of nitro benzene ring substituents is 1. The van der Waals surface area contributed by atoms with Gasteiger partial charge >= 0.3 is 0 Å². The van der Waals surface area contributed by atoms with E-state index in [4.69, 9.17) is 11.6 Å². The normalized spacial score (nSPS) is 12.1. The van der Waals surface area contributed by atoms with Crippen molar-refractivity contribution in [2.45, 2.75) is 25.9 Å². The first kappa shape index (κ1) is 17.9. The second-order valence-corrected chi connectivity index (χ2v) is 6.51. The number of hydrogen-bond acceptors (Lipinski definition) is 4. The number of nitrogens with one attached hydrogen (secondary N) is 1. The molecule has 0 spiro atoms. The van der Waals surface area contributed by atoms with Crippen LogP contribution in [0.25, 0.3) is 11.0 Å². The average Bonchev–Trinajstić information content (AvgIpc) is 2.99. The van der Waals surface area contributed by atoms with Gasteiger partial charge in [-0.1, -0.05) is 29.8 Å². The lowest BCUT2D eigenvalue weighted by Gasteiger charge is -2.14. The average molecular weight is 373 g/mol. The lowest BCUT2D eigenvalue weighted by Crippen LogP contribution is -2.36. The molecule has 0 radical (unpaired) electrons. The Balaban J connectivity index is 1.69. The Morgan fingerprint density at radius 2 is 2.04 bits per heavy atom. The second-order valence-electron chi connectivity index (χ2n) is 6.07. The quantitative estimate of drug-likeness (QED) is 0.530. The first-order chi connectivity index (χ1) is 12.4. The second kappa shape index (κ2) is 7.53. The van der Waals surface area contributed by atoms with E-state index in [1.807, 2.05) is 31.2 Å². The van der Waals surface area contributed by atoms with E-state index in [1.54, 1.807) is 12.1 Å². The number of amides is 1. The van der Waals surface area contributed by atoms with Crippen molar-refractivity contribution in [2.75, 3.05) is 0 Å². The number of para-hydroxylation sites is 1. The largest absolute Gasteiger partial charge is 0.352 e. The molecule has 0 bridgehead atoms. The molecular formula is C18H17ClN4O3. The van der Waals surface area contributed by atoms with Crippen LogP contribution in [0.2, 0.25) is 5.02 Å². The lowest BCUT2D eigenvalue weighted by molar-refractivity contribution is -0.383. The minimum absolute atomic E-state index is 0.0354. The molecule has 7 nitrogen and oxygen atoms in total. The lowest BCUT2D eigenvalue weighted by atomic mass is 10.1. The molecule has 1 atom stereocenters. The third-order valence-corrected chi connectivity index (χ3v) is 4.24. The van der Waals surface area contributed by atoms with Crippen molar-refractivity contribution in [1.29, 1.82) is 0 Å². The molecule has 0 aliphatic carbocycles. The maximum Gasteiger partial charge on any atom is 0.295 e. The van der Waals surface area contributed by atoms with Gasteiger partial charge in [-0.15, -0.1) is 0 Å². The Bertz CT molecular complexity index is 953. The van der Waals surface area contributed by atoms with Crippen LogP contribution >= 0.6 is 11.6 Å². The molecule has 1 N–H and O–H groups in total.